The number of nitrogens with one attached hydrogen (secondary N) is 1. The second-order valence-electron chi connectivity index (χ2n) is 5.65. The second-order valence-corrected chi connectivity index (χ2v) is 7.59. The molecule has 1 N–H and O–H groups in total. The highest BCUT2D eigenvalue weighted by atomic mass is 32.2. The van der Waals surface area contributed by atoms with Crippen LogP contribution < -0.4 is 5.32 Å². The first-order valence-corrected chi connectivity index (χ1v) is 9.21. The number of hydrogen-bond acceptors (Lipinski definition) is 7. The van der Waals surface area contributed by atoms with E-state index < -0.39 is 21.8 Å². The number of amides is 2. The Balaban J connectivity index is 2.03. The summed E-state index contributed by atoms with van der Waals surface area (Å²) in [7, 11) is 0.154. The smallest absolute Gasteiger partial charge is 0.264 e. The van der Waals surface area contributed by atoms with E-state index >= 15 is 0 Å². The minimum atomic E-state index is -3.80. The predicted octanol–water partition coefficient (Wildman–Crippen LogP) is 0.876. The number of nitrogens with zero attached hydrogens (tertiary/aromatic N) is 3. The van der Waals surface area contributed by atoms with E-state index in [4.69, 9.17) is 9.36 Å². The van der Waals surface area contributed by atoms with Gasteiger partial charge < -0.3 is 14.7 Å². The van der Waals surface area contributed by atoms with E-state index in [-0.39, 0.29) is 22.8 Å². The van der Waals surface area contributed by atoms with Gasteiger partial charge in [0, 0.05) is 25.7 Å². The normalized spacial score (nSPS) is 11.4. The van der Waals surface area contributed by atoms with Gasteiger partial charge in [0.15, 0.2) is 5.82 Å². The molecule has 0 fully saturated rings. The monoisotopic (exact) mass is 396 g/mol. The quantitative estimate of drug-likeness (QED) is 0.689. The zero-order valence-corrected chi connectivity index (χ0v) is 16.1. The number of hydroxylamine groups is 1. The highest BCUT2D eigenvalue weighted by molar-refractivity contribution is 7.89. The third-order valence-corrected chi connectivity index (χ3v) is 5.31. The maximum absolute atomic E-state index is 12.4. The Morgan fingerprint density at radius 3 is 2.37 bits per heavy atom. The summed E-state index contributed by atoms with van der Waals surface area (Å²) in [6.45, 7) is 1.48. The molecule has 0 saturated heterocycles. The highest BCUT2D eigenvalue weighted by Gasteiger charge is 2.22. The van der Waals surface area contributed by atoms with Gasteiger partial charge in [0.2, 0.25) is 5.91 Å². The van der Waals surface area contributed by atoms with Gasteiger partial charge in [-0.3, -0.25) is 14.4 Å². The van der Waals surface area contributed by atoms with Crippen LogP contribution in [0.4, 0.5) is 5.82 Å². The van der Waals surface area contributed by atoms with Gasteiger partial charge in [0.05, 0.1) is 18.6 Å². The molecule has 0 unspecified atom stereocenters. The standard InChI is InChI=1S/C16H20N4O6S/c1-11-9-14(18-26-11)17-15(21)10-19(2)16(22)12-5-7-13(8-6-12)27(23,24)20(3)25-4/h5-9H,10H2,1-4H3,(H,17,18,21). The molecular formula is C16H20N4O6S. The van der Waals surface area contributed by atoms with Crippen molar-refractivity contribution < 1.29 is 27.4 Å². The molecule has 1 heterocycles. The lowest BCUT2D eigenvalue weighted by Gasteiger charge is -2.17. The molecule has 0 saturated carbocycles. The van der Waals surface area contributed by atoms with E-state index in [0.717, 1.165) is 0 Å². The topological polar surface area (TPSA) is 122 Å². The van der Waals surface area contributed by atoms with E-state index in [1.807, 2.05) is 0 Å². The molecule has 11 heteroatoms. The first-order valence-electron chi connectivity index (χ1n) is 7.77. The van der Waals surface area contributed by atoms with Gasteiger partial charge in [-0.2, -0.15) is 0 Å². The van der Waals surface area contributed by atoms with Crippen molar-refractivity contribution in [2.75, 3.05) is 33.1 Å². The van der Waals surface area contributed by atoms with Crippen LogP contribution in [0.3, 0.4) is 0 Å². The number of carbonyl (C=O) groups is 2. The van der Waals surface area contributed by atoms with Gasteiger partial charge in [-0.05, 0) is 31.2 Å². The largest absolute Gasteiger partial charge is 0.360 e. The molecule has 0 aliphatic heterocycles. The SMILES string of the molecule is CON(C)S(=O)(=O)c1ccc(C(=O)N(C)CC(=O)Nc2cc(C)on2)cc1. The molecule has 0 radical (unpaired) electrons. The summed E-state index contributed by atoms with van der Waals surface area (Å²) in [6.07, 6.45) is 0. The summed E-state index contributed by atoms with van der Waals surface area (Å²) in [5.74, 6) is -0.0790. The number of rotatable bonds is 7. The Labute approximate surface area is 156 Å². The Hall–Kier alpha value is -2.76. The van der Waals surface area contributed by atoms with Gasteiger partial charge in [-0.15, -0.1) is 0 Å². The van der Waals surface area contributed by atoms with Crippen molar-refractivity contribution in [2.24, 2.45) is 0 Å². The molecule has 0 aliphatic rings. The van der Waals surface area contributed by atoms with Gasteiger partial charge in [0.1, 0.15) is 5.76 Å². The van der Waals surface area contributed by atoms with E-state index in [1.54, 1.807) is 13.0 Å². The average Bonchev–Trinajstić information content (AvgIpc) is 3.04. The fourth-order valence-corrected chi connectivity index (χ4v) is 3.10. The Bertz CT molecular complexity index is 923. The lowest BCUT2D eigenvalue weighted by atomic mass is 10.2. The number of sulfonamides is 1. The zero-order chi connectivity index (χ0) is 20.2. The van der Waals surface area contributed by atoms with Crippen LogP contribution >= 0.6 is 0 Å². The minimum Gasteiger partial charge on any atom is -0.360 e. The van der Waals surface area contributed by atoms with Crippen LogP contribution in [0.5, 0.6) is 0 Å². The summed E-state index contributed by atoms with van der Waals surface area (Å²) >= 11 is 0. The fraction of sp³-hybridized carbons (Fsp3) is 0.312. The minimum absolute atomic E-state index is 0.0230. The third-order valence-electron chi connectivity index (χ3n) is 3.62. The molecular weight excluding hydrogens is 376 g/mol. The maximum Gasteiger partial charge on any atom is 0.264 e. The number of aryl methyl sites for hydroxylation is 1. The summed E-state index contributed by atoms with van der Waals surface area (Å²) in [4.78, 5) is 30.3. The van der Waals surface area contributed by atoms with Crippen LogP contribution in [0.15, 0.2) is 39.8 Å². The number of likely N-dealkylation sites (N-methyl/N-ethyl adjacent to an activating group) is 1. The van der Waals surface area contributed by atoms with Crippen molar-refractivity contribution in [1.82, 2.24) is 14.5 Å². The van der Waals surface area contributed by atoms with Crippen molar-refractivity contribution in [3.8, 4) is 0 Å². The summed E-state index contributed by atoms with van der Waals surface area (Å²) < 4.78 is 29.8. The number of benzene rings is 1. The molecule has 2 amide bonds. The van der Waals surface area contributed by atoms with Crippen LogP contribution in [-0.4, -0.2) is 62.5 Å². The van der Waals surface area contributed by atoms with Gasteiger partial charge in [-0.25, -0.2) is 8.42 Å². The van der Waals surface area contributed by atoms with Crippen molar-refractivity contribution >= 4 is 27.7 Å². The number of aromatic nitrogens is 1. The van der Waals surface area contributed by atoms with E-state index in [1.165, 1.54) is 50.4 Å². The van der Waals surface area contributed by atoms with Crippen molar-refractivity contribution in [3.63, 3.8) is 0 Å². The molecule has 1 aromatic carbocycles. The lowest BCUT2D eigenvalue weighted by molar-refractivity contribution is -0.116. The highest BCUT2D eigenvalue weighted by Crippen LogP contribution is 2.16. The first-order chi connectivity index (χ1) is 12.6. The molecule has 0 bridgehead atoms. The van der Waals surface area contributed by atoms with Gasteiger partial charge in [0.25, 0.3) is 15.9 Å². The van der Waals surface area contributed by atoms with Crippen molar-refractivity contribution in [1.29, 1.82) is 0 Å². The van der Waals surface area contributed by atoms with E-state index in [0.29, 0.717) is 10.2 Å². The molecule has 1 aromatic heterocycles. The number of anilines is 1. The van der Waals surface area contributed by atoms with E-state index in [2.05, 4.69) is 10.5 Å². The number of hydrogen-bond donors (Lipinski definition) is 1. The first kappa shape index (κ1) is 20.6. The van der Waals surface area contributed by atoms with Crippen LogP contribution in [0.1, 0.15) is 16.1 Å². The van der Waals surface area contributed by atoms with Crippen LogP contribution in [0.25, 0.3) is 0 Å². The van der Waals surface area contributed by atoms with E-state index in [9.17, 15) is 18.0 Å². The van der Waals surface area contributed by atoms with Crippen LogP contribution in [0.2, 0.25) is 0 Å². The van der Waals surface area contributed by atoms with Crippen molar-refractivity contribution in [3.05, 3.63) is 41.7 Å². The summed E-state index contributed by atoms with van der Waals surface area (Å²) in [6, 6.07) is 6.88. The second kappa shape index (κ2) is 8.29. The van der Waals surface area contributed by atoms with Crippen LogP contribution in [0, 0.1) is 6.92 Å². The molecule has 0 spiro atoms. The lowest BCUT2D eigenvalue weighted by Crippen LogP contribution is -2.35. The van der Waals surface area contributed by atoms with Gasteiger partial charge in [-0.1, -0.05) is 9.63 Å². The average molecular weight is 396 g/mol. The third kappa shape index (κ3) is 4.90. The zero-order valence-electron chi connectivity index (χ0n) is 15.3. The molecule has 2 rings (SSSR count). The Morgan fingerprint density at radius 2 is 1.85 bits per heavy atom. The Kier molecular flexibility index (Phi) is 6.31. The van der Waals surface area contributed by atoms with Crippen LogP contribution in [-0.2, 0) is 19.7 Å². The Morgan fingerprint density at radius 1 is 1.22 bits per heavy atom. The van der Waals surface area contributed by atoms with Crippen molar-refractivity contribution in [2.45, 2.75) is 11.8 Å². The molecule has 146 valence electrons. The number of carbonyl (C=O) groups excluding carboxylic acids is 2. The fourth-order valence-electron chi connectivity index (χ4n) is 2.13. The molecule has 10 nitrogen and oxygen atoms in total. The molecule has 27 heavy (non-hydrogen) atoms. The molecule has 0 aliphatic carbocycles. The molecule has 0 atom stereocenters. The maximum atomic E-state index is 12.4. The molecule has 2 aromatic rings. The predicted molar refractivity (Wildman–Crippen MR) is 95.2 cm³/mol. The summed E-state index contributed by atoms with van der Waals surface area (Å²) in [5, 5.41) is 6.15. The summed E-state index contributed by atoms with van der Waals surface area (Å²) in [5.41, 5.74) is 0.238. The van der Waals surface area contributed by atoms with Gasteiger partial charge >= 0.3 is 0 Å².